The summed E-state index contributed by atoms with van der Waals surface area (Å²) >= 11 is 0. The van der Waals surface area contributed by atoms with E-state index in [1.54, 1.807) is 0 Å². The van der Waals surface area contributed by atoms with Gasteiger partial charge in [0.25, 0.3) is 0 Å². The first-order chi connectivity index (χ1) is 36.9. The van der Waals surface area contributed by atoms with Gasteiger partial charge in [0, 0.05) is 12.8 Å². The molecule has 3 unspecified atom stereocenters. The lowest BCUT2D eigenvalue weighted by molar-refractivity contribution is -0.870. The summed E-state index contributed by atoms with van der Waals surface area (Å²) in [5, 5.41) is 3.05. The maximum atomic E-state index is 13.6. The molecule has 10 heteroatoms. The Hall–Kier alpha value is -2.55. The molecule has 0 aromatic rings. The minimum absolute atomic E-state index is 0.0346. The minimum Gasteiger partial charge on any atom is -0.456 e. The molecule has 2 N–H and O–H groups in total. The van der Waals surface area contributed by atoms with Crippen LogP contribution in [0.1, 0.15) is 284 Å². The van der Waals surface area contributed by atoms with Crippen LogP contribution in [0.2, 0.25) is 0 Å². The second kappa shape index (κ2) is 55.8. The molecule has 0 bridgehead atoms. The Morgan fingerprint density at radius 1 is 0.461 bits per heavy atom. The molecular formula is C66H122N2O7P+. The number of allylic oxidation sites excluding steroid dienone is 11. The van der Waals surface area contributed by atoms with E-state index in [9.17, 15) is 19.0 Å². The standard InChI is InChI=1S/C66H121N2O7P/c1-7-10-13-16-19-22-25-28-30-32-34-36-38-40-43-46-49-52-55-58-65(69)67-63(62-74-76(71,72)73-61-60-68(4,5)6)64(57-54-51-48-45-42-27-24-21-18-15-12-9-3)75-66(70)59-56-53-50-47-44-41-39-37-35-33-31-29-26-23-20-17-14-11-8-2/h19-20,22-23,28-31,34,36,54,57,63-64H,7-18,21,24-27,32-33,35,37-53,55-56,58-62H2,1-6H3,(H-,67,69,71,72)/p+1/b22-19-,23-20-,30-28-,31-29-,36-34-,57-54+. The maximum Gasteiger partial charge on any atom is 0.472 e. The van der Waals surface area contributed by atoms with Gasteiger partial charge in [-0.05, 0) is 102 Å². The average molecular weight is 1090 g/mol. The minimum atomic E-state index is -4.46. The van der Waals surface area contributed by atoms with Gasteiger partial charge in [-0.15, -0.1) is 0 Å². The van der Waals surface area contributed by atoms with Crippen molar-refractivity contribution in [3.05, 3.63) is 72.9 Å². The van der Waals surface area contributed by atoms with Gasteiger partial charge < -0.3 is 19.4 Å². The summed E-state index contributed by atoms with van der Waals surface area (Å²) in [4.78, 5) is 37.7. The zero-order valence-corrected chi connectivity index (χ0v) is 51.4. The highest BCUT2D eigenvalue weighted by atomic mass is 31.2. The number of phosphoric ester groups is 1. The normalized spacial score (nSPS) is 14.1. The summed E-state index contributed by atoms with van der Waals surface area (Å²) in [6.07, 6.45) is 71.7. The molecule has 76 heavy (non-hydrogen) atoms. The van der Waals surface area contributed by atoms with Crippen molar-refractivity contribution in [2.75, 3.05) is 40.9 Å². The number of esters is 1. The summed E-state index contributed by atoms with van der Waals surface area (Å²) in [7, 11) is 1.48. The molecule has 0 aliphatic heterocycles. The zero-order chi connectivity index (χ0) is 55.7. The number of phosphoric acid groups is 1. The summed E-state index contributed by atoms with van der Waals surface area (Å²) in [5.74, 6) is -0.521. The van der Waals surface area contributed by atoms with Crippen molar-refractivity contribution in [2.45, 2.75) is 296 Å². The van der Waals surface area contributed by atoms with Crippen LogP contribution in [0.4, 0.5) is 0 Å². The molecule has 0 radical (unpaired) electrons. The Labute approximate surface area is 470 Å². The topological polar surface area (TPSA) is 111 Å². The second-order valence-electron chi connectivity index (χ2n) is 22.6. The third-order valence-electron chi connectivity index (χ3n) is 13.9. The van der Waals surface area contributed by atoms with Gasteiger partial charge in [-0.3, -0.25) is 18.6 Å². The third kappa shape index (κ3) is 56.2. The van der Waals surface area contributed by atoms with E-state index in [4.69, 9.17) is 13.8 Å². The predicted molar refractivity (Wildman–Crippen MR) is 328 cm³/mol. The van der Waals surface area contributed by atoms with Crippen LogP contribution >= 0.6 is 7.82 Å². The van der Waals surface area contributed by atoms with E-state index in [0.29, 0.717) is 17.4 Å². The molecule has 0 saturated heterocycles. The van der Waals surface area contributed by atoms with Crippen LogP contribution in [0.3, 0.4) is 0 Å². The van der Waals surface area contributed by atoms with Crippen LogP contribution in [0.15, 0.2) is 72.9 Å². The van der Waals surface area contributed by atoms with Crippen LogP contribution in [0.5, 0.6) is 0 Å². The summed E-state index contributed by atoms with van der Waals surface area (Å²) in [6.45, 7) is 6.96. The zero-order valence-electron chi connectivity index (χ0n) is 50.5. The van der Waals surface area contributed by atoms with Crippen LogP contribution in [-0.2, 0) is 27.9 Å². The molecule has 3 atom stereocenters. The van der Waals surface area contributed by atoms with E-state index >= 15 is 0 Å². The fraction of sp³-hybridized carbons (Fsp3) is 0.788. The van der Waals surface area contributed by atoms with Crippen molar-refractivity contribution < 1.29 is 37.3 Å². The van der Waals surface area contributed by atoms with Gasteiger partial charge in [0.05, 0.1) is 33.8 Å². The highest BCUT2D eigenvalue weighted by molar-refractivity contribution is 7.47. The SMILES string of the molecule is CCCCC/C=C\C/C=C\C/C=C\CCCCCCCCC(=O)NC(COP(=O)(O)OCC[N+](C)(C)C)C(/C=C/CCCCCCCCCCCC)OC(=O)CCCCCCCCCCC/C=C\C/C=C\CCCCC. The number of ether oxygens (including phenoxy) is 1. The predicted octanol–water partition coefficient (Wildman–Crippen LogP) is 19.6. The molecule has 0 aliphatic rings. The molecule has 0 fully saturated rings. The van der Waals surface area contributed by atoms with E-state index in [2.05, 4.69) is 86.8 Å². The Kier molecular flexibility index (Phi) is 53.9. The number of nitrogens with zero attached hydrogens (tertiary/aromatic N) is 1. The van der Waals surface area contributed by atoms with Crippen molar-refractivity contribution in [1.29, 1.82) is 0 Å². The monoisotopic (exact) mass is 1090 g/mol. The maximum absolute atomic E-state index is 13.6. The molecular weight excluding hydrogens is 964 g/mol. The van der Waals surface area contributed by atoms with E-state index < -0.39 is 20.0 Å². The molecule has 0 saturated carbocycles. The largest absolute Gasteiger partial charge is 0.472 e. The number of likely N-dealkylation sites (N-methyl/N-ethyl adjacent to an activating group) is 1. The van der Waals surface area contributed by atoms with E-state index in [0.717, 1.165) is 89.9 Å². The van der Waals surface area contributed by atoms with Crippen LogP contribution in [0, 0.1) is 0 Å². The Balaban J connectivity index is 5.27. The second-order valence-corrected chi connectivity index (χ2v) is 24.0. The molecule has 0 aromatic carbocycles. The molecule has 0 rings (SSSR count). The van der Waals surface area contributed by atoms with Crippen molar-refractivity contribution in [2.24, 2.45) is 0 Å². The lowest BCUT2D eigenvalue weighted by Crippen LogP contribution is -2.47. The van der Waals surface area contributed by atoms with Gasteiger partial charge >= 0.3 is 13.8 Å². The number of carbonyl (C=O) groups excluding carboxylic acids is 2. The fourth-order valence-corrected chi connectivity index (χ4v) is 9.65. The van der Waals surface area contributed by atoms with Crippen LogP contribution in [-0.4, -0.2) is 74.3 Å². The van der Waals surface area contributed by atoms with E-state index in [-0.39, 0.29) is 31.5 Å². The Morgan fingerprint density at radius 2 is 0.803 bits per heavy atom. The average Bonchev–Trinajstić information content (AvgIpc) is 3.38. The van der Waals surface area contributed by atoms with Gasteiger partial charge in [-0.2, -0.15) is 0 Å². The molecule has 9 nitrogen and oxygen atoms in total. The molecule has 0 aliphatic carbocycles. The van der Waals surface area contributed by atoms with E-state index in [1.807, 2.05) is 33.3 Å². The number of rotatable bonds is 57. The highest BCUT2D eigenvalue weighted by Gasteiger charge is 2.30. The molecule has 0 heterocycles. The summed E-state index contributed by atoms with van der Waals surface area (Å²) < 4.78 is 30.7. The number of hydrogen-bond donors (Lipinski definition) is 2. The number of quaternary nitrogens is 1. The van der Waals surface area contributed by atoms with Gasteiger partial charge in [0.15, 0.2) is 0 Å². The van der Waals surface area contributed by atoms with Crippen molar-refractivity contribution in [3.63, 3.8) is 0 Å². The first-order valence-corrected chi connectivity index (χ1v) is 33.3. The van der Waals surface area contributed by atoms with Gasteiger partial charge in [-0.1, -0.05) is 242 Å². The van der Waals surface area contributed by atoms with Crippen molar-refractivity contribution >= 4 is 19.7 Å². The van der Waals surface area contributed by atoms with Crippen molar-refractivity contribution in [3.8, 4) is 0 Å². The smallest absolute Gasteiger partial charge is 0.456 e. The number of carbonyl (C=O) groups is 2. The first kappa shape index (κ1) is 73.5. The fourth-order valence-electron chi connectivity index (χ4n) is 8.92. The first-order valence-electron chi connectivity index (χ1n) is 31.8. The van der Waals surface area contributed by atoms with Gasteiger partial charge in [0.1, 0.15) is 19.3 Å². The van der Waals surface area contributed by atoms with E-state index in [1.165, 1.54) is 161 Å². The Morgan fingerprint density at radius 3 is 1.22 bits per heavy atom. The van der Waals surface area contributed by atoms with Gasteiger partial charge in [0.2, 0.25) is 5.91 Å². The lowest BCUT2D eigenvalue weighted by Gasteiger charge is -2.27. The van der Waals surface area contributed by atoms with Gasteiger partial charge in [-0.25, -0.2) is 4.57 Å². The summed E-state index contributed by atoms with van der Waals surface area (Å²) in [5.41, 5.74) is 0. The number of nitrogens with one attached hydrogen (secondary N) is 1. The quantitative estimate of drug-likeness (QED) is 0.0205. The molecule has 0 aromatic heterocycles. The molecule has 442 valence electrons. The van der Waals surface area contributed by atoms with Crippen LogP contribution in [0.25, 0.3) is 0 Å². The lowest BCUT2D eigenvalue weighted by atomic mass is 10.0. The molecule has 0 spiro atoms. The highest BCUT2D eigenvalue weighted by Crippen LogP contribution is 2.43. The van der Waals surface area contributed by atoms with Crippen molar-refractivity contribution in [1.82, 2.24) is 5.32 Å². The third-order valence-corrected chi connectivity index (χ3v) is 14.9. The summed E-state index contributed by atoms with van der Waals surface area (Å²) in [6, 6.07) is -0.859. The molecule has 1 amide bonds. The number of amides is 1. The Bertz CT molecular complexity index is 1530. The van der Waals surface area contributed by atoms with Crippen LogP contribution < -0.4 is 5.32 Å². The number of unbranched alkanes of at least 4 members (excludes halogenated alkanes) is 31. The number of hydrogen-bond acceptors (Lipinski definition) is 6.